The predicted octanol–water partition coefficient (Wildman–Crippen LogP) is 4.17. The molecule has 0 aliphatic heterocycles. The second kappa shape index (κ2) is 11.6. The molecule has 39 heavy (non-hydrogen) atoms. The molecule has 4 aromatic rings. The minimum Gasteiger partial charge on any atom is -0.502 e. The van der Waals surface area contributed by atoms with E-state index in [0.717, 1.165) is 17.7 Å². The second-order valence-electron chi connectivity index (χ2n) is 8.19. The van der Waals surface area contributed by atoms with E-state index in [-0.39, 0.29) is 23.8 Å². The average Bonchev–Trinajstić information content (AvgIpc) is 3.41. The minimum absolute atomic E-state index is 0.0971. The average molecular weight is 530 g/mol. The van der Waals surface area contributed by atoms with Crippen molar-refractivity contribution in [3.8, 4) is 22.6 Å². The molecule has 0 atom stereocenters. The highest BCUT2D eigenvalue weighted by molar-refractivity contribution is 6.01. The number of carbonyl (C=O) groups excluding carboxylic acids is 3. The van der Waals surface area contributed by atoms with Crippen LogP contribution in [0.2, 0.25) is 0 Å². The summed E-state index contributed by atoms with van der Waals surface area (Å²) >= 11 is 0. The minimum atomic E-state index is -0.838. The number of nitro groups is 1. The van der Waals surface area contributed by atoms with E-state index in [0.29, 0.717) is 22.6 Å². The molecular formula is C27H22N4O8. The van der Waals surface area contributed by atoms with Gasteiger partial charge in [0.2, 0.25) is 11.7 Å². The maximum Gasteiger partial charge on any atom is 0.311 e. The summed E-state index contributed by atoms with van der Waals surface area (Å²) in [5.74, 6) is -2.00. The SMILES string of the molecule is CC(=O)Nc1ccccc1COc1cccc(-c2ccoc2C(=O)NNC(=O)c2ccc(O)c([N+](=O)[O-])c2)c1. The van der Waals surface area contributed by atoms with Crippen LogP contribution in [0, 0.1) is 10.1 Å². The summed E-state index contributed by atoms with van der Waals surface area (Å²) in [5.41, 5.74) is 6.01. The number of anilines is 1. The number of rotatable bonds is 8. The molecule has 0 fully saturated rings. The molecule has 0 radical (unpaired) electrons. The Morgan fingerprint density at radius 2 is 1.74 bits per heavy atom. The number of phenolic OH excluding ortho intramolecular Hbond substituents is 1. The van der Waals surface area contributed by atoms with Gasteiger partial charge in [-0.05, 0) is 42.0 Å². The van der Waals surface area contributed by atoms with Crippen molar-refractivity contribution in [2.45, 2.75) is 13.5 Å². The largest absolute Gasteiger partial charge is 0.502 e. The molecule has 12 nitrogen and oxygen atoms in total. The lowest BCUT2D eigenvalue weighted by Gasteiger charge is -2.12. The van der Waals surface area contributed by atoms with Crippen molar-refractivity contribution in [1.82, 2.24) is 10.9 Å². The number of ether oxygens (including phenoxy) is 1. The molecular weight excluding hydrogens is 508 g/mol. The van der Waals surface area contributed by atoms with E-state index < -0.39 is 28.2 Å². The Kier molecular flexibility index (Phi) is 7.86. The van der Waals surface area contributed by atoms with Crippen LogP contribution in [0.25, 0.3) is 11.1 Å². The van der Waals surface area contributed by atoms with E-state index in [1.807, 2.05) is 12.1 Å². The number of phenols is 1. The maximum absolute atomic E-state index is 12.8. The molecule has 198 valence electrons. The van der Waals surface area contributed by atoms with Gasteiger partial charge in [0.15, 0.2) is 5.75 Å². The van der Waals surface area contributed by atoms with Gasteiger partial charge in [0.1, 0.15) is 12.4 Å². The molecule has 0 aliphatic rings. The number of carbonyl (C=O) groups is 3. The van der Waals surface area contributed by atoms with Crippen molar-refractivity contribution in [1.29, 1.82) is 0 Å². The molecule has 1 aromatic heterocycles. The Bertz CT molecular complexity index is 1560. The van der Waals surface area contributed by atoms with Crippen LogP contribution in [-0.4, -0.2) is 27.8 Å². The van der Waals surface area contributed by atoms with Gasteiger partial charge in [-0.1, -0.05) is 30.3 Å². The first kappa shape index (κ1) is 26.4. The lowest BCUT2D eigenvalue weighted by Crippen LogP contribution is -2.41. The summed E-state index contributed by atoms with van der Waals surface area (Å²) in [6.07, 6.45) is 1.31. The molecule has 0 aliphatic carbocycles. The van der Waals surface area contributed by atoms with Gasteiger partial charge in [0.05, 0.1) is 11.2 Å². The standard InChI is InChI=1S/C27H22N4O8/c1-16(32)28-22-8-3-2-5-19(22)15-39-20-7-4-6-17(13-20)21-11-12-38-25(21)27(35)30-29-26(34)18-9-10-24(33)23(14-18)31(36)37/h2-14,33H,15H2,1H3,(H,28,32)(H,29,34)(H,30,35). The smallest absolute Gasteiger partial charge is 0.311 e. The molecule has 0 bridgehead atoms. The molecule has 3 amide bonds. The van der Waals surface area contributed by atoms with E-state index in [2.05, 4.69) is 16.2 Å². The van der Waals surface area contributed by atoms with Gasteiger partial charge in [-0.3, -0.25) is 35.3 Å². The number of furan rings is 1. The van der Waals surface area contributed by atoms with Crippen LogP contribution in [0.4, 0.5) is 11.4 Å². The third kappa shape index (κ3) is 6.38. The summed E-state index contributed by atoms with van der Waals surface area (Å²) in [7, 11) is 0. The number of benzene rings is 3. The first-order valence-electron chi connectivity index (χ1n) is 11.5. The zero-order valence-corrected chi connectivity index (χ0v) is 20.5. The van der Waals surface area contributed by atoms with Crippen molar-refractivity contribution in [2.24, 2.45) is 0 Å². The Morgan fingerprint density at radius 3 is 2.51 bits per heavy atom. The molecule has 12 heteroatoms. The summed E-state index contributed by atoms with van der Waals surface area (Å²) in [5, 5.41) is 23.3. The summed E-state index contributed by atoms with van der Waals surface area (Å²) in [6.45, 7) is 1.60. The fourth-order valence-corrected chi connectivity index (χ4v) is 3.64. The van der Waals surface area contributed by atoms with Crippen LogP contribution < -0.4 is 20.9 Å². The van der Waals surface area contributed by atoms with Crippen LogP contribution in [0.15, 0.2) is 83.5 Å². The number of hydrazine groups is 1. The summed E-state index contributed by atoms with van der Waals surface area (Å²) < 4.78 is 11.3. The fourth-order valence-electron chi connectivity index (χ4n) is 3.64. The highest BCUT2D eigenvalue weighted by atomic mass is 16.6. The lowest BCUT2D eigenvalue weighted by atomic mass is 10.1. The van der Waals surface area contributed by atoms with Crippen LogP contribution in [0.3, 0.4) is 0 Å². The number of hydrogen-bond acceptors (Lipinski definition) is 8. The van der Waals surface area contributed by atoms with E-state index in [4.69, 9.17) is 9.15 Å². The van der Waals surface area contributed by atoms with Gasteiger partial charge < -0.3 is 19.6 Å². The Hall–Kier alpha value is -5.65. The van der Waals surface area contributed by atoms with Gasteiger partial charge in [-0.15, -0.1) is 0 Å². The van der Waals surface area contributed by atoms with Gasteiger partial charge >= 0.3 is 11.6 Å². The molecule has 0 saturated carbocycles. The van der Waals surface area contributed by atoms with Crippen LogP contribution in [0.5, 0.6) is 11.5 Å². The molecule has 0 unspecified atom stereocenters. The van der Waals surface area contributed by atoms with Crippen molar-refractivity contribution in [3.63, 3.8) is 0 Å². The highest BCUT2D eigenvalue weighted by Gasteiger charge is 2.20. The Morgan fingerprint density at radius 1 is 0.974 bits per heavy atom. The number of amides is 3. The molecule has 3 aromatic carbocycles. The number of para-hydroxylation sites is 1. The summed E-state index contributed by atoms with van der Waals surface area (Å²) in [4.78, 5) is 46.7. The molecule has 4 rings (SSSR count). The molecule has 0 spiro atoms. The van der Waals surface area contributed by atoms with Crippen molar-refractivity contribution in [2.75, 3.05) is 5.32 Å². The van der Waals surface area contributed by atoms with E-state index in [1.54, 1.807) is 42.5 Å². The van der Waals surface area contributed by atoms with Gasteiger partial charge in [-0.25, -0.2) is 0 Å². The third-order valence-electron chi connectivity index (χ3n) is 5.46. The van der Waals surface area contributed by atoms with Crippen molar-refractivity contribution in [3.05, 3.63) is 106 Å². The number of nitrogens with zero attached hydrogens (tertiary/aromatic N) is 1. The fraction of sp³-hybridized carbons (Fsp3) is 0.0741. The first-order valence-corrected chi connectivity index (χ1v) is 11.5. The zero-order chi connectivity index (χ0) is 27.9. The van der Waals surface area contributed by atoms with Crippen LogP contribution in [0.1, 0.15) is 33.4 Å². The van der Waals surface area contributed by atoms with Gasteiger partial charge in [0.25, 0.3) is 5.91 Å². The number of aromatic hydroxyl groups is 1. The van der Waals surface area contributed by atoms with Gasteiger partial charge in [-0.2, -0.15) is 0 Å². The van der Waals surface area contributed by atoms with Crippen LogP contribution in [-0.2, 0) is 11.4 Å². The maximum atomic E-state index is 12.8. The molecule has 1 heterocycles. The normalized spacial score (nSPS) is 10.4. The summed E-state index contributed by atoms with van der Waals surface area (Å²) in [6, 6.07) is 18.8. The number of nitro benzene ring substituents is 1. The molecule has 0 saturated heterocycles. The van der Waals surface area contributed by atoms with E-state index in [1.165, 1.54) is 19.3 Å². The van der Waals surface area contributed by atoms with Crippen molar-refractivity contribution >= 4 is 29.1 Å². The van der Waals surface area contributed by atoms with Crippen LogP contribution >= 0.6 is 0 Å². The second-order valence-corrected chi connectivity index (χ2v) is 8.19. The highest BCUT2D eigenvalue weighted by Crippen LogP contribution is 2.29. The van der Waals surface area contributed by atoms with Crippen molar-refractivity contribution < 1.29 is 33.6 Å². The Labute approximate surface area is 221 Å². The van der Waals surface area contributed by atoms with E-state index in [9.17, 15) is 29.6 Å². The predicted molar refractivity (Wildman–Crippen MR) is 139 cm³/mol. The third-order valence-corrected chi connectivity index (χ3v) is 5.46. The van der Waals surface area contributed by atoms with Gasteiger partial charge in [0, 0.05) is 35.4 Å². The monoisotopic (exact) mass is 530 g/mol. The number of hydrogen-bond donors (Lipinski definition) is 4. The quantitative estimate of drug-likeness (QED) is 0.194. The first-order chi connectivity index (χ1) is 18.7. The topological polar surface area (TPSA) is 173 Å². The number of nitrogens with one attached hydrogen (secondary N) is 3. The molecule has 4 N–H and O–H groups in total. The zero-order valence-electron chi connectivity index (χ0n) is 20.5. The Balaban J connectivity index is 1.44. The van der Waals surface area contributed by atoms with E-state index >= 15 is 0 Å². The lowest BCUT2D eigenvalue weighted by molar-refractivity contribution is -0.385.